The van der Waals surface area contributed by atoms with Crippen molar-refractivity contribution < 1.29 is 4.79 Å². The van der Waals surface area contributed by atoms with Crippen LogP contribution < -0.4 is 5.32 Å². The summed E-state index contributed by atoms with van der Waals surface area (Å²) in [5, 5.41) is 3.08. The molecule has 1 unspecified atom stereocenters. The quantitative estimate of drug-likeness (QED) is 0.443. The van der Waals surface area contributed by atoms with E-state index in [-0.39, 0.29) is 5.91 Å². The Kier molecular flexibility index (Phi) is 8.39. The van der Waals surface area contributed by atoms with Gasteiger partial charge >= 0.3 is 0 Å². The normalized spacial score (nSPS) is 15.9. The van der Waals surface area contributed by atoms with Crippen LogP contribution in [-0.2, 0) is 0 Å². The molecule has 3 aromatic rings. The number of rotatable bonds is 7. The van der Waals surface area contributed by atoms with Crippen LogP contribution in [0.3, 0.4) is 0 Å². The lowest BCUT2D eigenvalue weighted by Crippen LogP contribution is -2.40. The highest BCUT2D eigenvalue weighted by Crippen LogP contribution is 2.32. The predicted molar refractivity (Wildman–Crippen MR) is 153 cm³/mol. The van der Waals surface area contributed by atoms with Crippen LogP contribution in [-0.4, -0.2) is 65.9 Å². The minimum Gasteiger partial charge on any atom is -0.373 e. The van der Waals surface area contributed by atoms with Gasteiger partial charge < -0.3 is 10.2 Å². The number of likely N-dealkylation sites (tertiary alicyclic amines) is 1. The minimum atomic E-state index is 0.0516. The number of benzene rings is 1. The monoisotopic (exact) mass is 497 g/mol. The second kappa shape index (κ2) is 11.7. The summed E-state index contributed by atoms with van der Waals surface area (Å²) in [6.07, 6.45) is 8.35. The van der Waals surface area contributed by atoms with Crippen molar-refractivity contribution >= 4 is 17.8 Å². The molecule has 4 rings (SSSR count). The highest BCUT2D eigenvalue weighted by atomic mass is 16.2. The van der Waals surface area contributed by atoms with Gasteiger partial charge in [-0.1, -0.05) is 23.8 Å². The molecule has 1 aliphatic rings. The van der Waals surface area contributed by atoms with Gasteiger partial charge in [-0.3, -0.25) is 14.7 Å². The summed E-state index contributed by atoms with van der Waals surface area (Å²) in [6, 6.07) is 14.7. The van der Waals surface area contributed by atoms with Gasteiger partial charge in [-0.25, -0.2) is 4.98 Å². The SMILES string of the molecule is CNc1ccc(-c2ccnc(C)c2/C=C(\C)C(C)N2CCC(c3ccc(C(=O)N(C)C)cc3)CC2)cn1. The predicted octanol–water partition coefficient (Wildman–Crippen LogP) is 5.87. The van der Waals surface area contributed by atoms with Crippen molar-refractivity contribution in [1.29, 1.82) is 0 Å². The highest BCUT2D eigenvalue weighted by Gasteiger charge is 2.25. The summed E-state index contributed by atoms with van der Waals surface area (Å²) in [4.78, 5) is 25.5. The van der Waals surface area contributed by atoms with Gasteiger partial charge in [0.2, 0.25) is 0 Å². The Morgan fingerprint density at radius 1 is 1.08 bits per heavy atom. The molecule has 1 fully saturated rings. The number of hydrogen-bond acceptors (Lipinski definition) is 5. The number of aromatic nitrogens is 2. The van der Waals surface area contributed by atoms with E-state index in [0.29, 0.717) is 12.0 Å². The van der Waals surface area contributed by atoms with E-state index in [9.17, 15) is 4.79 Å². The van der Waals surface area contributed by atoms with Gasteiger partial charge in [-0.05, 0) is 94.1 Å². The Morgan fingerprint density at radius 3 is 2.38 bits per heavy atom. The lowest BCUT2D eigenvalue weighted by Gasteiger charge is -2.37. The molecule has 0 radical (unpaired) electrons. The second-order valence-corrected chi connectivity index (χ2v) is 10.2. The van der Waals surface area contributed by atoms with Crippen LogP contribution in [0.5, 0.6) is 0 Å². The molecule has 0 bridgehead atoms. The Hall–Kier alpha value is -3.51. The van der Waals surface area contributed by atoms with Crippen molar-refractivity contribution in [2.75, 3.05) is 39.5 Å². The van der Waals surface area contributed by atoms with Gasteiger partial charge in [0, 0.05) is 62.0 Å². The highest BCUT2D eigenvalue weighted by molar-refractivity contribution is 5.93. The first-order chi connectivity index (χ1) is 17.8. The molecule has 0 spiro atoms. The largest absolute Gasteiger partial charge is 0.373 e. The Bertz CT molecular complexity index is 1240. The third kappa shape index (κ3) is 6.08. The van der Waals surface area contributed by atoms with Crippen molar-refractivity contribution in [2.24, 2.45) is 0 Å². The van der Waals surface area contributed by atoms with Gasteiger partial charge in [-0.2, -0.15) is 0 Å². The number of hydrogen-bond donors (Lipinski definition) is 1. The summed E-state index contributed by atoms with van der Waals surface area (Å²) in [5.41, 5.74) is 7.86. The van der Waals surface area contributed by atoms with Crippen molar-refractivity contribution in [3.8, 4) is 11.1 Å². The number of amides is 1. The van der Waals surface area contributed by atoms with E-state index in [1.807, 2.05) is 37.6 Å². The smallest absolute Gasteiger partial charge is 0.253 e. The number of aryl methyl sites for hydroxylation is 1. The Balaban J connectivity index is 1.45. The van der Waals surface area contributed by atoms with Crippen LogP contribution in [0.4, 0.5) is 5.82 Å². The first-order valence-electron chi connectivity index (χ1n) is 13.1. The van der Waals surface area contributed by atoms with Crippen molar-refractivity contribution in [3.63, 3.8) is 0 Å². The summed E-state index contributed by atoms with van der Waals surface area (Å²) >= 11 is 0. The number of piperidine rings is 1. The van der Waals surface area contributed by atoms with E-state index < -0.39 is 0 Å². The maximum absolute atomic E-state index is 12.2. The molecular formula is C31H39N5O. The maximum atomic E-state index is 12.2. The molecule has 1 saturated heterocycles. The summed E-state index contributed by atoms with van der Waals surface area (Å²) in [7, 11) is 5.46. The zero-order valence-corrected chi connectivity index (χ0v) is 23.0. The zero-order valence-electron chi connectivity index (χ0n) is 23.0. The number of nitrogens with one attached hydrogen (secondary N) is 1. The Labute approximate surface area is 221 Å². The van der Waals surface area contributed by atoms with E-state index in [1.165, 1.54) is 11.1 Å². The molecule has 37 heavy (non-hydrogen) atoms. The van der Waals surface area contributed by atoms with Gasteiger partial charge in [0.05, 0.1) is 0 Å². The first-order valence-corrected chi connectivity index (χ1v) is 13.1. The van der Waals surface area contributed by atoms with Gasteiger partial charge in [0.15, 0.2) is 0 Å². The van der Waals surface area contributed by atoms with E-state index in [2.05, 4.69) is 71.3 Å². The van der Waals surface area contributed by atoms with E-state index in [4.69, 9.17) is 0 Å². The van der Waals surface area contributed by atoms with E-state index in [0.717, 1.165) is 59.7 Å². The zero-order chi connectivity index (χ0) is 26.5. The van der Waals surface area contributed by atoms with Crippen molar-refractivity contribution in [2.45, 2.75) is 45.6 Å². The van der Waals surface area contributed by atoms with Gasteiger partial charge in [0.1, 0.15) is 5.82 Å². The van der Waals surface area contributed by atoms with E-state index in [1.54, 1.807) is 19.0 Å². The third-order valence-corrected chi connectivity index (χ3v) is 7.66. The Morgan fingerprint density at radius 2 is 1.78 bits per heavy atom. The molecule has 1 amide bonds. The van der Waals surface area contributed by atoms with Crippen LogP contribution in [0.25, 0.3) is 17.2 Å². The molecular weight excluding hydrogens is 458 g/mol. The van der Waals surface area contributed by atoms with Crippen molar-refractivity contribution in [3.05, 3.63) is 82.8 Å². The average molecular weight is 498 g/mol. The fraction of sp³-hybridized carbons (Fsp3) is 0.387. The molecule has 2 aromatic heterocycles. The summed E-state index contributed by atoms with van der Waals surface area (Å²) in [5.74, 6) is 1.45. The number of carbonyl (C=O) groups is 1. The van der Waals surface area contributed by atoms with Crippen LogP contribution in [0.15, 0.2) is 60.4 Å². The van der Waals surface area contributed by atoms with Crippen LogP contribution in [0, 0.1) is 6.92 Å². The van der Waals surface area contributed by atoms with Crippen molar-refractivity contribution in [1.82, 2.24) is 19.8 Å². The number of nitrogens with zero attached hydrogens (tertiary/aromatic N) is 4. The molecule has 3 heterocycles. The summed E-state index contributed by atoms with van der Waals surface area (Å²) in [6.45, 7) is 8.73. The molecule has 1 N–H and O–H groups in total. The molecule has 0 aliphatic carbocycles. The molecule has 6 nitrogen and oxygen atoms in total. The standard InChI is InChI=1S/C31H39N5O/c1-21(19-29-22(2)33-16-13-28(29)27-11-12-30(32-4)34-20-27)23(3)36-17-14-25(15-18-36)24-7-9-26(10-8-24)31(37)35(5)6/h7-13,16,19-20,23,25H,14-15,17-18H2,1-6H3,(H,32,34)/b21-19+. The average Bonchev–Trinajstić information content (AvgIpc) is 2.93. The molecule has 1 atom stereocenters. The summed E-state index contributed by atoms with van der Waals surface area (Å²) < 4.78 is 0. The molecule has 194 valence electrons. The van der Waals surface area contributed by atoms with Gasteiger partial charge in [-0.15, -0.1) is 0 Å². The molecule has 0 saturated carbocycles. The van der Waals surface area contributed by atoms with Crippen LogP contribution in [0.1, 0.15) is 59.8 Å². The third-order valence-electron chi connectivity index (χ3n) is 7.66. The maximum Gasteiger partial charge on any atom is 0.253 e. The van der Waals surface area contributed by atoms with Gasteiger partial charge in [0.25, 0.3) is 5.91 Å². The van der Waals surface area contributed by atoms with E-state index >= 15 is 0 Å². The fourth-order valence-electron chi connectivity index (χ4n) is 5.13. The van der Waals surface area contributed by atoms with Crippen LogP contribution >= 0.6 is 0 Å². The number of carbonyl (C=O) groups excluding carboxylic acids is 1. The lowest BCUT2D eigenvalue weighted by atomic mass is 9.88. The first kappa shape index (κ1) is 26.6. The minimum absolute atomic E-state index is 0.0516. The second-order valence-electron chi connectivity index (χ2n) is 10.2. The molecule has 6 heteroatoms. The lowest BCUT2D eigenvalue weighted by molar-refractivity contribution is 0.0827. The van der Waals surface area contributed by atoms with Crippen LogP contribution in [0.2, 0.25) is 0 Å². The fourth-order valence-corrected chi connectivity index (χ4v) is 5.13. The topological polar surface area (TPSA) is 61.4 Å². The molecule has 1 aromatic carbocycles. The molecule has 1 aliphatic heterocycles. The number of pyridine rings is 2. The number of anilines is 1.